The van der Waals surface area contributed by atoms with E-state index in [9.17, 15) is 43.2 Å². The van der Waals surface area contributed by atoms with Crippen molar-refractivity contribution in [3.05, 3.63) is 0 Å². The molecule has 0 heterocycles. The number of hydrogen-bond acceptors (Lipinski definition) is 15. The predicted molar refractivity (Wildman–Crippen MR) is 400 cm³/mol. The zero-order chi connectivity index (χ0) is 71.9. The number of hydrogen-bond donors (Lipinski definition) is 3. The zero-order valence-corrected chi connectivity index (χ0v) is 65.7. The van der Waals surface area contributed by atoms with E-state index in [2.05, 4.69) is 34.6 Å². The van der Waals surface area contributed by atoms with Gasteiger partial charge in [-0.3, -0.25) is 37.3 Å². The minimum absolute atomic E-state index is 0.106. The maximum Gasteiger partial charge on any atom is 0.472 e. The third kappa shape index (κ3) is 72.4. The highest BCUT2D eigenvalue weighted by Crippen LogP contribution is 2.45. The van der Waals surface area contributed by atoms with Crippen LogP contribution in [0, 0.1) is 5.92 Å². The Bertz CT molecular complexity index is 1870. The second-order valence-electron chi connectivity index (χ2n) is 28.9. The number of unbranched alkanes of at least 4 members (excludes halogenated alkanes) is 51. The van der Waals surface area contributed by atoms with Gasteiger partial charge in [-0.1, -0.05) is 369 Å². The van der Waals surface area contributed by atoms with Gasteiger partial charge in [-0.05, 0) is 31.6 Å². The molecular weight excluding hydrogens is 1280 g/mol. The van der Waals surface area contributed by atoms with Gasteiger partial charge in [0.1, 0.15) is 19.3 Å². The maximum absolute atomic E-state index is 13.1. The fourth-order valence-electron chi connectivity index (χ4n) is 12.2. The van der Waals surface area contributed by atoms with Crippen LogP contribution in [0.3, 0.4) is 0 Å². The van der Waals surface area contributed by atoms with Gasteiger partial charge < -0.3 is 33.8 Å². The van der Waals surface area contributed by atoms with E-state index in [0.29, 0.717) is 25.7 Å². The van der Waals surface area contributed by atoms with Crippen molar-refractivity contribution in [1.29, 1.82) is 0 Å². The van der Waals surface area contributed by atoms with E-state index in [1.54, 1.807) is 0 Å². The lowest BCUT2D eigenvalue weighted by Crippen LogP contribution is -2.30. The summed E-state index contributed by atoms with van der Waals surface area (Å²) < 4.78 is 68.7. The van der Waals surface area contributed by atoms with Crippen LogP contribution in [-0.4, -0.2) is 96.7 Å². The first kappa shape index (κ1) is 96.1. The number of carbonyl (C=O) groups excluding carboxylic acids is 4. The lowest BCUT2D eigenvalue weighted by atomic mass is 10.0. The Morgan fingerprint density at radius 3 is 0.694 bits per heavy atom. The van der Waals surface area contributed by atoms with Crippen molar-refractivity contribution in [2.24, 2.45) is 5.92 Å². The van der Waals surface area contributed by atoms with E-state index in [0.717, 1.165) is 95.8 Å². The Morgan fingerprint density at radius 1 is 0.276 bits per heavy atom. The maximum atomic E-state index is 13.1. The fraction of sp³-hybridized carbons (Fsp3) is 0.949. The van der Waals surface area contributed by atoms with Crippen LogP contribution in [0.5, 0.6) is 0 Å². The molecular formula is C79H154O17P2. The van der Waals surface area contributed by atoms with E-state index >= 15 is 0 Å². The molecule has 0 saturated heterocycles. The zero-order valence-electron chi connectivity index (χ0n) is 63.9. The number of aliphatic hydroxyl groups is 1. The topological polar surface area (TPSA) is 237 Å². The second-order valence-corrected chi connectivity index (χ2v) is 31.8. The normalized spacial score (nSPS) is 13.9. The summed E-state index contributed by atoms with van der Waals surface area (Å²) >= 11 is 0. The number of carbonyl (C=O) groups is 4. The molecule has 3 N–H and O–H groups in total. The first-order chi connectivity index (χ1) is 47.5. The molecule has 98 heavy (non-hydrogen) atoms. The van der Waals surface area contributed by atoms with Crippen LogP contribution in [0.25, 0.3) is 0 Å². The van der Waals surface area contributed by atoms with E-state index in [4.69, 9.17) is 37.0 Å². The van der Waals surface area contributed by atoms with Gasteiger partial charge in [0.05, 0.1) is 26.4 Å². The lowest BCUT2D eigenvalue weighted by molar-refractivity contribution is -0.161. The van der Waals surface area contributed by atoms with Crippen LogP contribution in [0.4, 0.5) is 0 Å². The monoisotopic (exact) mass is 1440 g/mol. The molecule has 2 unspecified atom stereocenters. The van der Waals surface area contributed by atoms with Gasteiger partial charge in [0, 0.05) is 25.7 Å². The van der Waals surface area contributed by atoms with Crippen molar-refractivity contribution in [2.45, 2.75) is 438 Å². The van der Waals surface area contributed by atoms with Crippen molar-refractivity contribution >= 4 is 39.5 Å². The van der Waals surface area contributed by atoms with Crippen LogP contribution < -0.4 is 0 Å². The Hall–Kier alpha value is -1.94. The molecule has 0 fully saturated rings. The molecule has 0 radical (unpaired) electrons. The van der Waals surface area contributed by atoms with Crippen LogP contribution in [0.1, 0.15) is 420 Å². The molecule has 0 aliphatic rings. The van der Waals surface area contributed by atoms with E-state index in [1.807, 2.05) is 0 Å². The third-order valence-corrected chi connectivity index (χ3v) is 20.4. The highest BCUT2D eigenvalue weighted by Gasteiger charge is 2.30. The summed E-state index contributed by atoms with van der Waals surface area (Å²) in [6.07, 6.45) is 62.3. The Labute approximate surface area is 600 Å². The van der Waals surface area contributed by atoms with Gasteiger partial charge in [-0.25, -0.2) is 9.13 Å². The lowest BCUT2D eigenvalue weighted by Gasteiger charge is -2.21. The van der Waals surface area contributed by atoms with Gasteiger partial charge in [-0.2, -0.15) is 0 Å². The van der Waals surface area contributed by atoms with Crippen molar-refractivity contribution in [2.75, 3.05) is 39.6 Å². The van der Waals surface area contributed by atoms with Gasteiger partial charge in [0.2, 0.25) is 0 Å². The quantitative estimate of drug-likeness (QED) is 0.0222. The van der Waals surface area contributed by atoms with E-state index in [-0.39, 0.29) is 25.7 Å². The minimum atomic E-state index is -4.96. The number of rotatable bonds is 79. The molecule has 19 heteroatoms. The highest BCUT2D eigenvalue weighted by molar-refractivity contribution is 7.47. The summed E-state index contributed by atoms with van der Waals surface area (Å²) in [6, 6.07) is 0. The minimum Gasteiger partial charge on any atom is -0.462 e. The molecule has 0 bridgehead atoms. The van der Waals surface area contributed by atoms with E-state index < -0.39 is 97.5 Å². The van der Waals surface area contributed by atoms with Crippen LogP contribution >= 0.6 is 15.6 Å². The number of phosphoric ester groups is 2. The summed E-state index contributed by atoms with van der Waals surface area (Å²) in [5.74, 6) is -1.37. The smallest absolute Gasteiger partial charge is 0.462 e. The average Bonchev–Trinajstić information content (AvgIpc) is 3.77. The molecule has 0 rings (SSSR count). The molecule has 582 valence electrons. The standard InChI is InChI=1S/C79H154O17P2/c1-6-9-12-15-18-21-24-27-29-31-32-34-36-39-44-49-54-59-64-78(83)95-74(68-90-77(82)63-58-53-48-43-38-35-33-30-28-25-22-19-16-13-10-7-2)70-93-97(85,86)91-66-73(80)67-92-98(87,88)94-71-75(96-79(84)65-60-55-50-45-40-41-46-51-56-61-72(4)5)69-89-76(81)62-57-52-47-42-37-26-23-20-17-14-11-8-3/h72-75,80H,6-71H2,1-5H3,(H,85,86)(H,87,88)/t73-,74-,75-/m1/s1. The van der Waals surface area contributed by atoms with Crippen molar-refractivity contribution in [3.63, 3.8) is 0 Å². The second kappa shape index (κ2) is 72.0. The summed E-state index contributed by atoms with van der Waals surface area (Å²) in [6.45, 7) is 7.30. The first-order valence-corrected chi connectivity index (χ1v) is 44.1. The molecule has 0 aliphatic heterocycles. The van der Waals surface area contributed by atoms with Crippen LogP contribution in [0.2, 0.25) is 0 Å². The number of ether oxygens (including phenoxy) is 4. The van der Waals surface area contributed by atoms with Crippen molar-refractivity contribution in [1.82, 2.24) is 0 Å². The third-order valence-electron chi connectivity index (χ3n) is 18.5. The number of phosphoric acid groups is 2. The number of esters is 4. The van der Waals surface area contributed by atoms with Crippen LogP contribution in [-0.2, 0) is 65.4 Å². The Kier molecular flexibility index (Phi) is 70.6. The number of aliphatic hydroxyl groups excluding tert-OH is 1. The fourth-order valence-corrected chi connectivity index (χ4v) is 13.8. The van der Waals surface area contributed by atoms with Gasteiger partial charge in [0.15, 0.2) is 12.2 Å². The Balaban J connectivity index is 5.25. The largest absolute Gasteiger partial charge is 0.472 e. The summed E-state index contributed by atoms with van der Waals surface area (Å²) in [5.41, 5.74) is 0. The SMILES string of the molecule is CCCCCCCCCCCCCCCCCCCCC(=O)O[C@H](COC(=O)CCCCCCCCCCCCCCCCCC)COP(=O)(O)OC[C@@H](O)COP(=O)(O)OC[C@@H](COC(=O)CCCCCCCCCCCCCC)OC(=O)CCCCCCCCCCCC(C)C. The van der Waals surface area contributed by atoms with E-state index in [1.165, 1.54) is 244 Å². The van der Waals surface area contributed by atoms with Gasteiger partial charge in [0.25, 0.3) is 0 Å². The summed E-state index contributed by atoms with van der Waals surface area (Å²) in [7, 11) is -9.92. The molecule has 0 aromatic rings. The highest BCUT2D eigenvalue weighted by atomic mass is 31.2. The molecule has 0 saturated carbocycles. The molecule has 0 amide bonds. The predicted octanol–water partition coefficient (Wildman–Crippen LogP) is 23.6. The van der Waals surface area contributed by atoms with Crippen LogP contribution in [0.15, 0.2) is 0 Å². The average molecular weight is 1440 g/mol. The Morgan fingerprint density at radius 2 is 0.469 bits per heavy atom. The molecule has 0 spiro atoms. The first-order valence-electron chi connectivity index (χ1n) is 41.1. The molecule has 0 aromatic heterocycles. The molecule has 5 atom stereocenters. The van der Waals surface area contributed by atoms with Crippen molar-refractivity contribution in [3.8, 4) is 0 Å². The van der Waals surface area contributed by atoms with Gasteiger partial charge >= 0.3 is 39.5 Å². The summed E-state index contributed by atoms with van der Waals surface area (Å²) in [5, 5.41) is 10.6. The molecule has 0 aliphatic carbocycles. The van der Waals surface area contributed by atoms with Gasteiger partial charge in [-0.15, -0.1) is 0 Å². The summed E-state index contributed by atoms with van der Waals surface area (Å²) in [4.78, 5) is 73.0. The molecule has 17 nitrogen and oxygen atoms in total. The van der Waals surface area contributed by atoms with Crippen molar-refractivity contribution < 1.29 is 80.2 Å². The molecule has 0 aromatic carbocycles.